The molecule has 0 spiro atoms. The Morgan fingerprint density at radius 1 is 0.625 bits per heavy atom. The van der Waals surface area contributed by atoms with Crippen LogP contribution >= 0.6 is 0 Å². The molecule has 0 aromatic heterocycles. The van der Waals surface area contributed by atoms with Crippen molar-refractivity contribution in [3.63, 3.8) is 0 Å². The Kier molecular flexibility index (Phi) is 15.0. The van der Waals surface area contributed by atoms with Gasteiger partial charge in [-0.3, -0.25) is 0 Å². The molecule has 0 bridgehead atoms. The molecule has 0 amide bonds. The predicted molar refractivity (Wildman–Crippen MR) is 107 cm³/mol. The molecule has 0 aromatic rings. The number of unbranched alkanes of at least 4 members (excludes halogenated alkanes) is 13. The first kappa shape index (κ1) is 22.0. The molecule has 2 heteroatoms. The van der Waals surface area contributed by atoms with Crippen LogP contribution in [-0.2, 0) is 4.74 Å². The van der Waals surface area contributed by atoms with E-state index in [1.165, 1.54) is 116 Å². The summed E-state index contributed by atoms with van der Waals surface area (Å²) in [5.74, 6) is 0. The van der Waals surface area contributed by atoms with Crippen LogP contribution in [0.15, 0.2) is 0 Å². The first-order chi connectivity index (χ1) is 11.9. The molecular formula is C22H45NO. The van der Waals surface area contributed by atoms with Gasteiger partial charge in [-0.2, -0.15) is 0 Å². The van der Waals surface area contributed by atoms with Gasteiger partial charge in [-0.15, -0.1) is 0 Å². The zero-order valence-corrected chi connectivity index (χ0v) is 16.9. The molecule has 2 nitrogen and oxygen atoms in total. The van der Waals surface area contributed by atoms with Gasteiger partial charge in [0.25, 0.3) is 0 Å². The normalized spacial score (nSPS) is 16.9. The fourth-order valence-corrected chi connectivity index (χ4v) is 3.60. The maximum Gasteiger partial charge on any atom is 0.0810 e. The molecule has 144 valence electrons. The van der Waals surface area contributed by atoms with Crippen LogP contribution in [0.2, 0.25) is 0 Å². The monoisotopic (exact) mass is 339 g/mol. The van der Waals surface area contributed by atoms with Gasteiger partial charge in [0.2, 0.25) is 0 Å². The highest BCUT2D eigenvalue weighted by atomic mass is 16.6. The van der Waals surface area contributed by atoms with Gasteiger partial charge in [-0.1, -0.05) is 97.3 Å². The molecule has 1 unspecified atom stereocenters. The Balaban J connectivity index is 1.64. The van der Waals surface area contributed by atoms with Crippen molar-refractivity contribution >= 4 is 0 Å². The molecule has 24 heavy (non-hydrogen) atoms. The summed E-state index contributed by atoms with van der Waals surface area (Å²) in [7, 11) is 0. The molecular weight excluding hydrogens is 294 g/mol. The molecule has 0 aliphatic carbocycles. The summed E-state index contributed by atoms with van der Waals surface area (Å²) >= 11 is 0. The zero-order valence-electron chi connectivity index (χ0n) is 16.9. The van der Waals surface area contributed by atoms with E-state index in [9.17, 15) is 0 Å². The molecule has 1 saturated heterocycles. The van der Waals surface area contributed by atoms with E-state index in [2.05, 4.69) is 18.7 Å². The molecule has 0 radical (unpaired) electrons. The van der Waals surface area contributed by atoms with E-state index < -0.39 is 0 Å². The third-order valence-corrected chi connectivity index (χ3v) is 5.55. The van der Waals surface area contributed by atoms with Gasteiger partial charge >= 0.3 is 0 Å². The fourth-order valence-electron chi connectivity index (χ4n) is 3.60. The lowest BCUT2D eigenvalue weighted by molar-refractivity contribution is 0.295. The van der Waals surface area contributed by atoms with E-state index in [0.29, 0.717) is 6.10 Å². The highest BCUT2D eigenvalue weighted by Crippen LogP contribution is 2.18. The van der Waals surface area contributed by atoms with Crippen molar-refractivity contribution in [3.05, 3.63) is 0 Å². The molecule has 0 N–H and O–H groups in total. The number of hydrogen-bond acceptors (Lipinski definition) is 2. The van der Waals surface area contributed by atoms with Crippen molar-refractivity contribution in [2.45, 2.75) is 116 Å². The standard InChI is InChI=1S/C22H45NO/c1-3-23(4-2)20-18-16-14-12-10-8-6-5-7-9-11-13-15-17-19-22-21-24-22/h22H,3-21H2,1-2H3. The Morgan fingerprint density at radius 2 is 1.00 bits per heavy atom. The quantitative estimate of drug-likeness (QED) is 0.195. The van der Waals surface area contributed by atoms with Crippen LogP contribution in [0.5, 0.6) is 0 Å². The largest absolute Gasteiger partial charge is 0.373 e. The Morgan fingerprint density at radius 3 is 1.38 bits per heavy atom. The maximum absolute atomic E-state index is 5.24. The third-order valence-electron chi connectivity index (χ3n) is 5.55. The number of ether oxygens (including phenoxy) is 1. The first-order valence-electron chi connectivity index (χ1n) is 11.2. The predicted octanol–water partition coefficient (Wildman–Crippen LogP) is 6.58. The smallest absolute Gasteiger partial charge is 0.0810 e. The van der Waals surface area contributed by atoms with Gasteiger partial charge in [0.05, 0.1) is 12.7 Å². The van der Waals surface area contributed by atoms with Crippen molar-refractivity contribution in [3.8, 4) is 0 Å². The summed E-state index contributed by atoms with van der Waals surface area (Å²) in [5.41, 5.74) is 0. The van der Waals surface area contributed by atoms with Crippen molar-refractivity contribution in [2.75, 3.05) is 26.2 Å². The van der Waals surface area contributed by atoms with E-state index >= 15 is 0 Å². The lowest BCUT2D eigenvalue weighted by Gasteiger charge is -2.17. The maximum atomic E-state index is 5.24. The molecule has 1 atom stereocenters. The minimum atomic E-state index is 0.646. The third kappa shape index (κ3) is 14.3. The van der Waals surface area contributed by atoms with Crippen molar-refractivity contribution in [2.24, 2.45) is 0 Å². The molecule has 1 heterocycles. The van der Waals surface area contributed by atoms with Gasteiger partial charge in [0, 0.05) is 0 Å². The first-order valence-corrected chi connectivity index (χ1v) is 11.2. The number of nitrogens with zero attached hydrogens (tertiary/aromatic N) is 1. The molecule has 1 aliphatic heterocycles. The van der Waals surface area contributed by atoms with Gasteiger partial charge in [-0.25, -0.2) is 0 Å². The number of epoxide rings is 1. The Labute approximate surface area is 152 Å². The Hall–Kier alpha value is -0.0800. The van der Waals surface area contributed by atoms with E-state index in [-0.39, 0.29) is 0 Å². The minimum absolute atomic E-state index is 0.646. The highest BCUT2D eigenvalue weighted by molar-refractivity contribution is 4.68. The van der Waals surface area contributed by atoms with Crippen LogP contribution in [0.4, 0.5) is 0 Å². The molecule has 1 aliphatic rings. The van der Waals surface area contributed by atoms with Crippen LogP contribution in [0.25, 0.3) is 0 Å². The van der Waals surface area contributed by atoms with Crippen LogP contribution < -0.4 is 0 Å². The van der Waals surface area contributed by atoms with Gasteiger partial charge in [-0.05, 0) is 32.5 Å². The van der Waals surface area contributed by atoms with Crippen molar-refractivity contribution in [1.29, 1.82) is 0 Å². The molecule has 1 rings (SSSR count). The van der Waals surface area contributed by atoms with Gasteiger partial charge < -0.3 is 9.64 Å². The average molecular weight is 340 g/mol. The lowest BCUT2D eigenvalue weighted by Crippen LogP contribution is -2.23. The van der Waals surface area contributed by atoms with Crippen LogP contribution in [0.1, 0.15) is 110 Å². The minimum Gasteiger partial charge on any atom is -0.373 e. The van der Waals surface area contributed by atoms with E-state index in [0.717, 1.165) is 6.61 Å². The zero-order chi connectivity index (χ0) is 17.3. The topological polar surface area (TPSA) is 15.8 Å². The lowest BCUT2D eigenvalue weighted by atomic mass is 10.0. The molecule has 0 saturated carbocycles. The van der Waals surface area contributed by atoms with Crippen LogP contribution in [0, 0.1) is 0 Å². The summed E-state index contributed by atoms with van der Waals surface area (Å²) in [5, 5.41) is 0. The fraction of sp³-hybridized carbons (Fsp3) is 1.00. The summed E-state index contributed by atoms with van der Waals surface area (Å²) in [6, 6.07) is 0. The van der Waals surface area contributed by atoms with E-state index in [1.54, 1.807) is 0 Å². The van der Waals surface area contributed by atoms with Gasteiger partial charge in [0.1, 0.15) is 0 Å². The summed E-state index contributed by atoms with van der Waals surface area (Å²) in [4.78, 5) is 2.54. The second-order valence-electron chi connectivity index (χ2n) is 7.72. The molecule has 0 aromatic carbocycles. The average Bonchev–Trinajstić information content (AvgIpc) is 3.42. The van der Waals surface area contributed by atoms with E-state index in [1.807, 2.05) is 0 Å². The Bertz CT molecular complexity index is 248. The van der Waals surface area contributed by atoms with Crippen molar-refractivity contribution < 1.29 is 4.74 Å². The second-order valence-corrected chi connectivity index (χ2v) is 7.72. The van der Waals surface area contributed by atoms with Crippen LogP contribution in [-0.4, -0.2) is 37.2 Å². The number of hydrogen-bond donors (Lipinski definition) is 0. The molecule has 1 fully saturated rings. The van der Waals surface area contributed by atoms with Gasteiger partial charge in [0.15, 0.2) is 0 Å². The van der Waals surface area contributed by atoms with E-state index in [4.69, 9.17) is 4.74 Å². The SMILES string of the molecule is CCN(CC)CCCCCCCCCCCCCCCCC1CO1. The summed E-state index contributed by atoms with van der Waals surface area (Å²) in [6.45, 7) is 9.32. The highest BCUT2D eigenvalue weighted by Gasteiger charge is 2.20. The summed E-state index contributed by atoms with van der Waals surface area (Å²) in [6.07, 6.45) is 22.2. The summed E-state index contributed by atoms with van der Waals surface area (Å²) < 4.78 is 5.24. The second kappa shape index (κ2) is 16.4. The van der Waals surface area contributed by atoms with Crippen molar-refractivity contribution in [1.82, 2.24) is 4.90 Å². The number of rotatable bonds is 19. The van der Waals surface area contributed by atoms with Crippen LogP contribution in [0.3, 0.4) is 0 Å².